The number of esters is 1. The van der Waals surface area contributed by atoms with Crippen molar-refractivity contribution in [2.45, 2.75) is 26.2 Å². The van der Waals surface area contributed by atoms with E-state index in [1.807, 2.05) is 0 Å². The molecule has 0 aliphatic rings. The minimum Gasteiger partial charge on any atom is -0.507 e. The monoisotopic (exact) mass is 331 g/mol. The lowest BCUT2D eigenvalue weighted by atomic mass is 9.88. The first-order valence-electron chi connectivity index (χ1n) is 7.68. The van der Waals surface area contributed by atoms with Gasteiger partial charge in [0.15, 0.2) is 0 Å². The maximum atomic E-state index is 12.4. The highest BCUT2D eigenvalue weighted by Gasteiger charge is 2.25. The summed E-state index contributed by atoms with van der Waals surface area (Å²) in [4.78, 5) is 27.0. The Hall–Kier alpha value is -2.76. The topological polar surface area (TPSA) is 88.6 Å². The van der Waals surface area contributed by atoms with Gasteiger partial charge in [0.05, 0.1) is 25.7 Å². The highest BCUT2D eigenvalue weighted by Crippen LogP contribution is 2.33. The van der Waals surface area contributed by atoms with Crippen molar-refractivity contribution in [2.75, 3.05) is 13.7 Å². The highest BCUT2D eigenvalue weighted by atomic mass is 16.5. The third-order valence-corrected chi connectivity index (χ3v) is 3.71. The second kappa shape index (κ2) is 7.68. The first kappa shape index (κ1) is 17.6. The van der Waals surface area contributed by atoms with Gasteiger partial charge in [0.25, 0.3) is 5.56 Å². The van der Waals surface area contributed by atoms with Crippen LogP contribution in [0.3, 0.4) is 0 Å². The molecule has 1 aromatic carbocycles. The average molecular weight is 331 g/mol. The van der Waals surface area contributed by atoms with Gasteiger partial charge in [-0.3, -0.25) is 9.59 Å². The molecular formula is C18H21NO5. The number of aromatic nitrogens is 1. The smallest absolute Gasteiger partial charge is 0.306 e. The zero-order valence-electron chi connectivity index (χ0n) is 14.0. The van der Waals surface area contributed by atoms with E-state index in [-0.39, 0.29) is 24.3 Å². The molecule has 0 radical (unpaired) electrons. The molecule has 0 amide bonds. The molecule has 0 spiro atoms. The van der Waals surface area contributed by atoms with Gasteiger partial charge in [0.2, 0.25) is 0 Å². The van der Waals surface area contributed by atoms with Crippen molar-refractivity contribution in [2.24, 2.45) is 0 Å². The van der Waals surface area contributed by atoms with E-state index in [1.165, 1.54) is 13.2 Å². The quantitative estimate of drug-likeness (QED) is 0.794. The van der Waals surface area contributed by atoms with E-state index in [0.717, 1.165) is 0 Å². The van der Waals surface area contributed by atoms with Crippen LogP contribution in [-0.2, 0) is 9.53 Å². The molecule has 0 aliphatic heterocycles. The van der Waals surface area contributed by atoms with Crippen molar-refractivity contribution >= 4 is 5.97 Å². The van der Waals surface area contributed by atoms with Gasteiger partial charge < -0.3 is 19.6 Å². The molecule has 0 bridgehead atoms. The van der Waals surface area contributed by atoms with Crippen LogP contribution < -0.4 is 10.3 Å². The number of hydrogen-bond acceptors (Lipinski definition) is 5. The van der Waals surface area contributed by atoms with Crippen LogP contribution in [0.5, 0.6) is 11.5 Å². The summed E-state index contributed by atoms with van der Waals surface area (Å²) < 4.78 is 10.2. The van der Waals surface area contributed by atoms with Crippen LogP contribution in [0.1, 0.15) is 36.1 Å². The van der Waals surface area contributed by atoms with Gasteiger partial charge in [0, 0.05) is 11.6 Å². The summed E-state index contributed by atoms with van der Waals surface area (Å²) in [6.45, 7) is 3.64. The molecule has 2 aromatic rings. The van der Waals surface area contributed by atoms with Crippen LogP contribution >= 0.6 is 0 Å². The van der Waals surface area contributed by atoms with Crippen molar-refractivity contribution in [3.8, 4) is 11.5 Å². The number of pyridine rings is 1. The number of aryl methyl sites for hydroxylation is 1. The van der Waals surface area contributed by atoms with Crippen molar-refractivity contribution in [3.63, 3.8) is 0 Å². The van der Waals surface area contributed by atoms with Crippen molar-refractivity contribution in [1.29, 1.82) is 0 Å². The Morgan fingerprint density at radius 2 is 2.08 bits per heavy atom. The number of carbonyl (C=O) groups is 1. The van der Waals surface area contributed by atoms with E-state index >= 15 is 0 Å². The zero-order valence-corrected chi connectivity index (χ0v) is 14.0. The third-order valence-electron chi connectivity index (χ3n) is 3.71. The van der Waals surface area contributed by atoms with Crippen LogP contribution in [0.2, 0.25) is 0 Å². The molecule has 1 atom stereocenters. The Morgan fingerprint density at radius 3 is 2.71 bits per heavy atom. The Labute approximate surface area is 140 Å². The van der Waals surface area contributed by atoms with Crippen LogP contribution in [0.15, 0.2) is 35.1 Å². The molecule has 24 heavy (non-hydrogen) atoms. The lowest BCUT2D eigenvalue weighted by molar-refractivity contribution is -0.143. The van der Waals surface area contributed by atoms with Gasteiger partial charge in [0.1, 0.15) is 11.5 Å². The molecule has 0 fully saturated rings. The Bertz CT molecular complexity index is 781. The van der Waals surface area contributed by atoms with Gasteiger partial charge >= 0.3 is 5.97 Å². The fraction of sp³-hybridized carbons (Fsp3) is 0.333. The number of ether oxygens (including phenoxy) is 2. The lowest BCUT2D eigenvalue weighted by Crippen LogP contribution is -2.21. The summed E-state index contributed by atoms with van der Waals surface area (Å²) >= 11 is 0. The van der Waals surface area contributed by atoms with E-state index in [9.17, 15) is 14.7 Å². The molecule has 1 aromatic heterocycles. The fourth-order valence-electron chi connectivity index (χ4n) is 2.65. The largest absolute Gasteiger partial charge is 0.507 e. The molecule has 2 N–H and O–H groups in total. The number of aromatic amines is 1. The maximum Gasteiger partial charge on any atom is 0.306 e. The number of benzene rings is 1. The second-order valence-electron chi connectivity index (χ2n) is 5.42. The lowest BCUT2D eigenvalue weighted by Gasteiger charge is -2.18. The van der Waals surface area contributed by atoms with E-state index in [0.29, 0.717) is 17.0 Å². The maximum absolute atomic E-state index is 12.4. The summed E-state index contributed by atoms with van der Waals surface area (Å²) in [7, 11) is 1.54. The number of nitrogens with one attached hydrogen (secondary N) is 1. The molecule has 2 rings (SSSR count). The summed E-state index contributed by atoms with van der Waals surface area (Å²) in [5, 5.41) is 10.3. The number of methoxy groups -OCH3 is 1. The Morgan fingerprint density at radius 1 is 1.33 bits per heavy atom. The average Bonchev–Trinajstić information content (AvgIpc) is 2.53. The summed E-state index contributed by atoms with van der Waals surface area (Å²) in [6, 6.07) is 8.53. The standard InChI is InChI=1S/C18H21NO5/c1-4-24-16(21)10-14(12-6-5-7-13(9-12)23-3)17-15(20)8-11(2)19-18(17)22/h5-9,14H,4,10H2,1-3H3,(H2,19,20,22). The SMILES string of the molecule is CCOC(=O)CC(c1cccc(OC)c1)c1c(O)cc(C)[nH]c1=O. The van der Waals surface area contributed by atoms with E-state index in [1.54, 1.807) is 38.1 Å². The molecule has 128 valence electrons. The number of carbonyl (C=O) groups excluding carboxylic acids is 1. The predicted molar refractivity (Wildman–Crippen MR) is 89.6 cm³/mol. The Kier molecular flexibility index (Phi) is 5.63. The van der Waals surface area contributed by atoms with Gasteiger partial charge in [-0.1, -0.05) is 12.1 Å². The van der Waals surface area contributed by atoms with Crippen LogP contribution in [0, 0.1) is 6.92 Å². The fourth-order valence-corrected chi connectivity index (χ4v) is 2.65. The molecule has 1 heterocycles. The van der Waals surface area contributed by atoms with Gasteiger partial charge in [-0.2, -0.15) is 0 Å². The predicted octanol–water partition coefficient (Wildman–Crippen LogP) is 2.48. The number of rotatable bonds is 6. The van der Waals surface area contributed by atoms with E-state index in [4.69, 9.17) is 9.47 Å². The van der Waals surface area contributed by atoms with Gasteiger partial charge in [-0.05, 0) is 37.6 Å². The summed E-state index contributed by atoms with van der Waals surface area (Å²) in [5.74, 6) is -0.619. The van der Waals surface area contributed by atoms with Crippen molar-refractivity contribution in [1.82, 2.24) is 4.98 Å². The van der Waals surface area contributed by atoms with Crippen LogP contribution in [-0.4, -0.2) is 29.8 Å². The van der Waals surface area contributed by atoms with Crippen molar-refractivity contribution in [3.05, 3.63) is 57.5 Å². The number of hydrogen-bond donors (Lipinski definition) is 2. The van der Waals surface area contributed by atoms with Crippen molar-refractivity contribution < 1.29 is 19.4 Å². The molecule has 0 saturated carbocycles. The van der Waals surface area contributed by atoms with Crippen LogP contribution in [0.4, 0.5) is 0 Å². The number of H-pyrrole nitrogens is 1. The summed E-state index contributed by atoms with van der Waals surface area (Å²) in [6.07, 6.45) is -0.0549. The van der Waals surface area contributed by atoms with Crippen LogP contribution in [0.25, 0.3) is 0 Å². The van der Waals surface area contributed by atoms with E-state index < -0.39 is 17.4 Å². The highest BCUT2D eigenvalue weighted by molar-refractivity contribution is 5.71. The number of aromatic hydroxyl groups is 1. The van der Waals surface area contributed by atoms with Gasteiger partial charge in [-0.25, -0.2) is 0 Å². The van der Waals surface area contributed by atoms with E-state index in [2.05, 4.69) is 4.98 Å². The second-order valence-corrected chi connectivity index (χ2v) is 5.42. The summed E-state index contributed by atoms with van der Waals surface area (Å²) in [5.41, 5.74) is 0.945. The zero-order chi connectivity index (χ0) is 17.7. The molecule has 6 nitrogen and oxygen atoms in total. The first-order chi connectivity index (χ1) is 11.5. The molecular weight excluding hydrogens is 310 g/mol. The minimum atomic E-state index is -0.636. The van der Waals surface area contributed by atoms with Gasteiger partial charge in [-0.15, -0.1) is 0 Å². The Balaban J connectivity index is 2.54. The molecule has 6 heteroatoms. The molecule has 1 unspecified atom stereocenters. The first-order valence-corrected chi connectivity index (χ1v) is 7.68. The third kappa shape index (κ3) is 3.95. The molecule has 0 aliphatic carbocycles. The minimum absolute atomic E-state index is 0.0549. The molecule has 0 saturated heterocycles. The normalized spacial score (nSPS) is 11.8.